The molecule has 3 aromatic carbocycles. The summed E-state index contributed by atoms with van der Waals surface area (Å²) in [5.74, 6) is -0.563. The van der Waals surface area contributed by atoms with Gasteiger partial charge in [0.1, 0.15) is 6.61 Å². The molecule has 5 heteroatoms. The van der Waals surface area contributed by atoms with E-state index in [1.807, 2.05) is 65.8 Å². The van der Waals surface area contributed by atoms with Gasteiger partial charge in [0.05, 0.1) is 5.56 Å². The summed E-state index contributed by atoms with van der Waals surface area (Å²) in [6, 6.07) is 12.7. The molecule has 1 atom stereocenters. The zero-order chi connectivity index (χ0) is 24.4. The highest BCUT2D eigenvalue weighted by Gasteiger charge is 2.35. The summed E-state index contributed by atoms with van der Waals surface area (Å²) in [5.41, 5.74) is 6.95. The maximum Gasteiger partial charge on any atom is 0.549 e. The topological polar surface area (TPSA) is 60.4 Å². The number of carbonyl (C=O) groups excluding carboxylic acids is 2. The highest BCUT2D eigenvalue weighted by Crippen LogP contribution is 2.31. The Morgan fingerprint density at radius 1 is 0.727 bits per heavy atom. The predicted octanol–water partition coefficient (Wildman–Crippen LogP) is 6.40. The zero-order valence-corrected chi connectivity index (χ0v) is 21.2. The van der Waals surface area contributed by atoms with E-state index in [4.69, 9.17) is 4.52 Å². The number of rotatable bonds is 7. The Morgan fingerprint density at radius 2 is 1.18 bits per heavy atom. The van der Waals surface area contributed by atoms with Crippen molar-refractivity contribution in [1.29, 1.82) is 0 Å². The minimum atomic E-state index is -2.30. The molecule has 0 bridgehead atoms. The van der Waals surface area contributed by atoms with Crippen LogP contribution in [0.1, 0.15) is 72.1 Å². The summed E-state index contributed by atoms with van der Waals surface area (Å²) in [6.07, 6.45) is 0. The van der Waals surface area contributed by atoms with Crippen molar-refractivity contribution >= 4 is 24.9 Å². The largest absolute Gasteiger partial charge is 0.549 e. The second kappa shape index (κ2) is 9.91. The van der Waals surface area contributed by atoms with E-state index in [0.29, 0.717) is 11.1 Å². The van der Waals surface area contributed by atoms with Gasteiger partial charge in [-0.2, -0.15) is 0 Å². The zero-order valence-electron chi connectivity index (χ0n) is 20.3. The Kier molecular flexibility index (Phi) is 7.41. The molecule has 33 heavy (non-hydrogen) atoms. The quantitative estimate of drug-likeness (QED) is 0.302. The average molecular weight is 462 g/mol. The lowest BCUT2D eigenvalue weighted by Crippen LogP contribution is -2.22. The van der Waals surface area contributed by atoms with Gasteiger partial charge in [-0.05, 0) is 87.4 Å². The van der Waals surface area contributed by atoms with Crippen LogP contribution in [0.4, 0.5) is 0 Å². The highest BCUT2D eigenvalue weighted by atomic mass is 31.1. The fourth-order valence-corrected chi connectivity index (χ4v) is 5.63. The molecule has 170 valence electrons. The van der Waals surface area contributed by atoms with Crippen molar-refractivity contribution in [3.8, 4) is 0 Å². The summed E-state index contributed by atoms with van der Waals surface area (Å²) in [5, 5.41) is 0.254. The molecule has 0 amide bonds. The van der Waals surface area contributed by atoms with E-state index in [0.717, 1.165) is 33.4 Å². The fourth-order valence-electron chi connectivity index (χ4n) is 4.64. The van der Waals surface area contributed by atoms with Gasteiger partial charge in [0.2, 0.25) is 5.30 Å². The van der Waals surface area contributed by atoms with E-state index in [1.54, 1.807) is 25.1 Å². The molecule has 0 fully saturated rings. The summed E-state index contributed by atoms with van der Waals surface area (Å²) >= 11 is 0. The van der Waals surface area contributed by atoms with Crippen LogP contribution in [-0.4, -0.2) is 18.2 Å². The van der Waals surface area contributed by atoms with Crippen molar-refractivity contribution in [1.82, 2.24) is 0 Å². The van der Waals surface area contributed by atoms with Crippen LogP contribution < -0.4 is 5.30 Å². The third-order valence-corrected chi connectivity index (χ3v) is 7.02. The first-order valence-electron chi connectivity index (χ1n) is 11.0. The van der Waals surface area contributed by atoms with Crippen molar-refractivity contribution in [2.45, 2.75) is 48.5 Å². The number of hydrogen-bond acceptors (Lipinski definition) is 4. The molecule has 0 aliphatic carbocycles. The first-order chi connectivity index (χ1) is 15.6. The van der Waals surface area contributed by atoms with Crippen molar-refractivity contribution in [2.75, 3.05) is 6.61 Å². The van der Waals surface area contributed by atoms with Crippen LogP contribution in [0.3, 0.4) is 0 Å². The third kappa shape index (κ3) is 4.88. The van der Waals surface area contributed by atoms with Crippen molar-refractivity contribution in [2.24, 2.45) is 0 Å². The van der Waals surface area contributed by atoms with Gasteiger partial charge in [-0.1, -0.05) is 41.5 Å². The van der Waals surface area contributed by atoms with Crippen LogP contribution in [0.15, 0.2) is 42.5 Å². The van der Waals surface area contributed by atoms with Gasteiger partial charge in [0, 0.05) is 16.7 Å². The summed E-state index contributed by atoms with van der Waals surface area (Å²) in [4.78, 5) is 27.8. The minimum Gasteiger partial charge on any atom is -0.289 e. The van der Waals surface area contributed by atoms with Gasteiger partial charge >= 0.3 is 8.03 Å². The molecule has 0 saturated carbocycles. The monoisotopic (exact) mass is 461 g/mol. The van der Waals surface area contributed by atoms with Gasteiger partial charge < -0.3 is 0 Å². The summed E-state index contributed by atoms with van der Waals surface area (Å²) < 4.78 is 18.4. The lowest BCUT2D eigenvalue weighted by atomic mass is 9.87. The van der Waals surface area contributed by atoms with Gasteiger partial charge in [0.25, 0.3) is 0 Å². The predicted molar refractivity (Wildman–Crippen MR) is 133 cm³/mol. The van der Waals surface area contributed by atoms with Gasteiger partial charge in [-0.25, -0.2) is 0 Å². The first-order valence-corrected chi connectivity index (χ1v) is 12.2. The van der Waals surface area contributed by atoms with Crippen LogP contribution >= 0.6 is 8.03 Å². The molecule has 3 rings (SSSR count). The van der Waals surface area contributed by atoms with E-state index in [2.05, 4.69) is 0 Å². The molecule has 4 nitrogen and oxygen atoms in total. The Hall–Kier alpha value is -2.94. The van der Waals surface area contributed by atoms with Crippen LogP contribution in [0.25, 0.3) is 0 Å². The maximum absolute atomic E-state index is 14.0. The number of ketones is 2. The fraction of sp³-hybridized carbons (Fsp3) is 0.286. The second-order valence-electron chi connectivity index (χ2n) is 8.58. The standard InChI is InChI=1S/C28H30O4P/c1-8-32-33(31)23-11-9-10-22(27(29)24-18(4)12-16(2)13-19(24)5)26(23)28(30)25-20(6)14-17(3)15-21(25)7/h9-15H,8H2,1-7H3/q+1. The molecule has 0 heterocycles. The minimum absolute atomic E-state index is 0.159. The molecule has 1 unspecified atom stereocenters. The van der Waals surface area contributed by atoms with E-state index in [1.165, 1.54) is 0 Å². The van der Waals surface area contributed by atoms with Gasteiger partial charge in [-0.15, -0.1) is 4.52 Å². The molecular formula is C28H30O4P+. The molecular weight excluding hydrogens is 431 g/mol. The molecule has 0 N–H and O–H groups in total. The highest BCUT2D eigenvalue weighted by molar-refractivity contribution is 7.48. The van der Waals surface area contributed by atoms with E-state index >= 15 is 0 Å². The number of carbonyl (C=O) groups is 2. The Morgan fingerprint density at radius 3 is 1.64 bits per heavy atom. The maximum atomic E-state index is 14.0. The lowest BCUT2D eigenvalue weighted by Gasteiger charge is -2.15. The smallest absolute Gasteiger partial charge is 0.289 e. The van der Waals surface area contributed by atoms with Crippen molar-refractivity contribution < 1.29 is 18.7 Å². The molecule has 0 aromatic heterocycles. The molecule has 0 aliphatic heterocycles. The van der Waals surface area contributed by atoms with E-state index in [-0.39, 0.29) is 34.6 Å². The SMILES string of the molecule is CCO[P+](=O)c1cccc(C(=O)c2c(C)cc(C)cc2C)c1C(=O)c1c(C)cc(C)cc1C. The second-order valence-corrected chi connectivity index (χ2v) is 9.83. The Labute approximate surface area is 196 Å². The van der Waals surface area contributed by atoms with Crippen LogP contribution in [0.2, 0.25) is 0 Å². The molecule has 3 aromatic rings. The summed E-state index contributed by atoms with van der Waals surface area (Å²) in [7, 11) is -2.30. The number of aryl methyl sites for hydroxylation is 6. The van der Waals surface area contributed by atoms with Crippen molar-refractivity contribution in [3.63, 3.8) is 0 Å². The van der Waals surface area contributed by atoms with Crippen LogP contribution in [-0.2, 0) is 9.09 Å². The number of benzene rings is 3. The summed E-state index contributed by atoms with van der Waals surface area (Å²) in [6.45, 7) is 13.5. The van der Waals surface area contributed by atoms with Gasteiger partial charge in [-0.3, -0.25) is 9.59 Å². The van der Waals surface area contributed by atoms with Gasteiger partial charge in [0.15, 0.2) is 11.6 Å². The van der Waals surface area contributed by atoms with E-state index < -0.39 is 8.03 Å². The van der Waals surface area contributed by atoms with Crippen molar-refractivity contribution in [3.05, 3.63) is 98.1 Å². The van der Waals surface area contributed by atoms with E-state index in [9.17, 15) is 14.2 Å². The van der Waals surface area contributed by atoms with Crippen LogP contribution in [0, 0.1) is 41.5 Å². The Bertz CT molecular complexity index is 1240. The molecule has 0 saturated heterocycles. The number of hydrogen-bond donors (Lipinski definition) is 0. The average Bonchev–Trinajstić information content (AvgIpc) is 2.71. The molecule has 0 radical (unpaired) electrons. The third-order valence-electron chi connectivity index (χ3n) is 5.77. The normalized spacial score (nSPS) is 11.4. The molecule has 0 spiro atoms. The Balaban J connectivity index is 2.32. The first kappa shape index (κ1) is 24.7. The van der Waals surface area contributed by atoms with Crippen LogP contribution in [0.5, 0.6) is 0 Å². The molecule has 0 aliphatic rings. The lowest BCUT2D eigenvalue weighted by molar-refractivity contribution is 0.100.